The number of aromatic nitrogens is 1. The molecule has 1 aromatic heterocycles. The first kappa shape index (κ1) is 15.9. The van der Waals surface area contributed by atoms with E-state index in [1.807, 2.05) is 17.2 Å². The Labute approximate surface area is 115 Å². The highest BCUT2D eigenvalue weighted by molar-refractivity contribution is 5.39. The van der Waals surface area contributed by atoms with E-state index in [1.165, 1.54) is 0 Å². The quantitative estimate of drug-likeness (QED) is 0.700. The summed E-state index contributed by atoms with van der Waals surface area (Å²) in [5, 5.41) is 12.4. The van der Waals surface area contributed by atoms with Crippen LogP contribution in [0.3, 0.4) is 0 Å². The van der Waals surface area contributed by atoms with E-state index in [2.05, 4.69) is 30.2 Å². The van der Waals surface area contributed by atoms with E-state index in [1.54, 1.807) is 7.11 Å². The van der Waals surface area contributed by atoms with Gasteiger partial charge in [0, 0.05) is 39.0 Å². The molecule has 2 N–H and O–H groups in total. The number of hydrogen-bond acceptors (Lipinski definition) is 5. The maximum Gasteiger partial charge on any atom is 0.128 e. The van der Waals surface area contributed by atoms with E-state index in [9.17, 15) is 0 Å². The SMILES string of the molecule is COCCN(CCO)c1ccc(CNC(C)C)cn1. The third-order valence-electron chi connectivity index (χ3n) is 2.78. The molecule has 0 amide bonds. The summed E-state index contributed by atoms with van der Waals surface area (Å²) >= 11 is 0. The molecule has 0 bridgehead atoms. The van der Waals surface area contributed by atoms with Crippen molar-refractivity contribution in [2.45, 2.75) is 26.4 Å². The third-order valence-corrected chi connectivity index (χ3v) is 2.78. The molecule has 0 aromatic carbocycles. The lowest BCUT2D eigenvalue weighted by Gasteiger charge is -2.22. The van der Waals surface area contributed by atoms with Crippen molar-refractivity contribution >= 4 is 5.82 Å². The van der Waals surface area contributed by atoms with Gasteiger partial charge in [-0.15, -0.1) is 0 Å². The van der Waals surface area contributed by atoms with E-state index in [4.69, 9.17) is 9.84 Å². The highest BCUT2D eigenvalue weighted by Gasteiger charge is 2.07. The molecule has 1 rings (SSSR count). The Morgan fingerprint density at radius 1 is 1.37 bits per heavy atom. The van der Waals surface area contributed by atoms with Gasteiger partial charge < -0.3 is 20.1 Å². The molecule has 0 unspecified atom stereocenters. The van der Waals surface area contributed by atoms with Crippen molar-refractivity contribution in [3.63, 3.8) is 0 Å². The molecule has 0 aliphatic carbocycles. The van der Waals surface area contributed by atoms with Gasteiger partial charge in [-0.05, 0) is 11.6 Å². The molecular formula is C14H25N3O2. The second-order valence-electron chi connectivity index (χ2n) is 4.76. The van der Waals surface area contributed by atoms with Crippen molar-refractivity contribution in [2.75, 3.05) is 38.3 Å². The largest absolute Gasteiger partial charge is 0.395 e. The minimum atomic E-state index is 0.113. The Balaban J connectivity index is 2.60. The van der Waals surface area contributed by atoms with Gasteiger partial charge in [0.2, 0.25) is 0 Å². The van der Waals surface area contributed by atoms with Gasteiger partial charge in [-0.2, -0.15) is 0 Å². The fourth-order valence-electron chi connectivity index (χ4n) is 1.69. The average molecular weight is 267 g/mol. The van der Waals surface area contributed by atoms with Crippen LogP contribution in [-0.4, -0.2) is 49.5 Å². The molecule has 0 radical (unpaired) electrons. The van der Waals surface area contributed by atoms with Crippen LogP contribution in [0.4, 0.5) is 5.82 Å². The Morgan fingerprint density at radius 3 is 2.68 bits per heavy atom. The molecule has 1 heterocycles. The van der Waals surface area contributed by atoms with Crippen molar-refractivity contribution in [3.8, 4) is 0 Å². The van der Waals surface area contributed by atoms with E-state index in [-0.39, 0.29) is 6.61 Å². The standard InChI is InChI=1S/C14H25N3O2/c1-12(2)15-10-13-4-5-14(16-11-13)17(6-8-18)7-9-19-3/h4-5,11-12,15,18H,6-10H2,1-3H3. The number of aliphatic hydroxyl groups is 1. The van der Waals surface area contributed by atoms with Gasteiger partial charge in [-0.25, -0.2) is 4.98 Å². The number of nitrogens with zero attached hydrogens (tertiary/aromatic N) is 2. The molecule has 1 aromatic rings. The number of rotatable bonds is 9. The average Bonchev–Trinajstić information content (AvgIpc) is 2.42. The molecule has 0 fully saturated rings. The van der Waals surface area contributed by atoms with Crippen molar-refractivity contribution in [2.24, 2.45) is 0 Å². The van der Waals surface area contributed by atoms with Gasteiger partial charge in [0.25, 0.3) is 0 Å². The molecule has 5 nitrogen and oxygen atoms in total. The number of pyridine rings is 1. The van der Waals surface area contributed by atoms with Crippen LogP contribution in [0, 0.1) is 0 Å². The first-order valence-electron chi connectivity index (χ1n) is 6.70. The molecule has 0 atom stereocenters. The van der Waals surface area contributed by atoms with Crippen LogP contribution >= 0.6 is 0 Å². The van der Waals surface area contributed by atoms with Crippen LogP contribution in [-0.2, 0) is 11.3 Å². The normalized spacial score (nSPS) is 11.0. The van der Waals surface area contributed by atoms with Gasteiger partial charge in [-0.1, -0.05) is 19.9 Å². The van der Waals surface area contributed by atoms with Crippen molar-refractivity contribution in [3.05, 3.63) is 23.9 Å². The summed E-state index contributed by atoms with van der Waals surface area (Å²) < 4.78 is 5.07. The Kier molecular flexibility index (Phi) is 7.40. The number of methoxy groups -OCH3 is 1. The lowest BCUT2D eigenvalue weighted by atomic mass is 10.2. The summed E-state index contributed by atoms with van der Waals surface area (Å²) in [4.78, 5) is 6.46. The number of nitrogens with one attached hydrogen (secondary N) is 1. The van der Waals surface area contributed by atoms with Gasteiger partial charge in [-0.3, -0.25) is 0 Å². The van der Waals surface area contributed by atoms with Crippen LogP contribution in [0.5, 0.6) is 0 Å². The van der Waals surface area contributed by atoms with E-state index in [0.717, 1.165) is 24.5 Å². The first-order valence-corrected chi connectivity index (χ1v) is 6.70. The number of hydrogen-bond donors (Lipinski definition) is 2. The lowest BCUT2D eigenvalue weighted by molar-refractivity contribution is 0.202. The molecule has 0 saturated carbocycles. The summed E-state index contributed by atoms with van der Waals surface area (Å²) in [6.07, 6.45) is 1.88. The third kappa shape index (κ3) is 6.00. The fourth-order valence-corrected chi connectivity index (χ4v) is 1.69. The zero-order valence-electron chi connectivity index (χ0n) is 12.1. The molecule has 0 aliphatic rings. The maximum atomic E-state index is 9.08. The van der Waals surface area contributed by atoms with Crippen molar-refractivity contribution in [1.29, 1.82) is 0 Å². The monoisotopic (exact) mass is 267 g/mol. The zero-order chi connectivity index (χ0) is 14.1. The zero-order valence-corrected chi connectivity index (χ0v) is 12.1. The molecule has 0 aliphatic heterocycles. The minimum Gasteiger partial charge on any atom is -0.395 e. The second kappa shape index (κ2) is 8.85. The van der Waals surface area contributed by atoms with E-state index in [0.29, 0.717) is 19.2 Å². The van der Waals surface area contributed by atoms with E-state index >= 15 is 0 Å². The summed E-state index contributed by atoms with van der Waals surface area (Å²) in [5.41, 5.74) is 1.16. The van der Waals surface area contributed by atoms with Crippen LogP contribution in [0.1, 0.15) is 19.4 Å². The minimum absolute atomic E-state index is 0.113. The van der Waals surface area contributed by atoms with Crippen molar-refractivity contribution in [1.82, 2.24) is 10.3 Å². The number of aliphatic hydroxyl groups excluding tert-OH is 1. The molecule has 5 heteroatoms. The highest BCUT2D eigenvalue weighted by Crippen LogP contribution is 2.11. The number of anilines is 1. The van der Waals surface area contributed by atoms with Crippen molar-refractivity contribution < 1.29 is 9.84 Å². The highest BCUT2D eigenvalue weighted by atomic mass is 16.5. The topological polar surface area (TPSA) is 57.6 Å². The Hall–Kier alpha value is -1.17. The Morgan fingerprint density at radius 2 is 2.16 bits per heavy atom. The molecule has 0 spiro atoms. The van der Waals surface area contributed by atoms with Gasteiger partial charge >= 0.3 is 0 Å². The predicted molar refractivity (Wildman–Crippen MR) is 77.4 cm³/mol. The van der Waals surface area contributed by atoms with Gasteiger partial charge in [0.15, 0.2) is 0 Å². The summed E-state index contributed by atoms with van der Waals surface area (Å²) in [5.74, 6) is 0.874. The maximum absolute atomic E-state index is 9.08. The summed E-state index contributed by atoms with van der Waals surface area (Å²) in [6.45, 7) is 7.10. The van der Waals surface area contributed by atoms with Crippen LogP contribution in [0.2, 0.25) is 0 Å². The lowest BCUT2D eigenvalue weighted by Crippen LogP contribution is -2.31. The smallest absolute Gasteiger partial charge is 0.128 e. The summed E-state index contributed by atoms with van der Waals surface area (Å²) in [7, 11) is 1.67. The fraction of sp³-hybridized carbons (Fsp3) is 0.643. The second-order valence-corrected chi connectivity index (χ2v) is 4.76. The molecule has 19 heavy (non-hydrogen) atoms. The summed E-state index contributed by atoms with van der Waals surface area (Å²) in [6, 6.07) is 4.52. The van der Waals surface area contributed by atoms with Crippen LogP contribution in [0.25, 0.3) is 0 Å². The van der Waals surface area contributed by atoms with Crippen LogP contribution < -0.4 is 10.2 Å². The van der Waals surface area contributed by atoms with Gasteiger partial charge in [0.1, 0.15) is 5.82 Å². The molecule has 0 saturated heterocycles. The predicted octanol–water partition coefficient (Wildman–Crippen LogP) is 1.02. The van der Waals surface area contributed by atoms with Crippen LogP contribution in [0.15, 0.2) is 18.3 Å². The first-order chi connectivity index (χ1) is 9.17. The molecule has 108 valence electrons. The number of ether oxygens (including phenoxy) is 1. The van der Waals surface area contributed by atoms with E-state index < -0.39 is 0 Å². The van der Waals surface area contributed by atoms with Gasteiger partial charge in [0.05, 0.1) is 13.2 Å². The molecular weight excluding hydrogens is 242 g/mol. The Bertz CT molecular complexity index is 341.